The molecule has 0 unspecified atom stereocenters. The zero-order valence-electron chi connectivity index (χ0n) is 10.8. The second-order valence-electron chi connectivity index (χ2n) is 4.34. The predicted molar refractivity (Wildman–Crippen MR) is 72.7 cm³/mol. The van der Waals surface area contributed by atoms with Crippen molar-refractivity contribution in [1.82, 2.24) is 4.31 Å². The Labute approximate surface area is 121 Å². The smallest absolute Gasteiger partial charge is 0.301 e. The van der Waals surface area contributed by atoms with E-state index in [1.165, 1.54) is 0 Å². The van der Waals surface area contributed by atoms with E-state index in [-0.39, 0.29) is 32.0 Å². The molecule has 11 heteroatoms. The Morgan fingerprint density at radius 3 is 2.33 bits per heavy atom. The number of sulfonamides is 1. The topological polar surface area (TPSA) is 119 Å². The average molecular weight is 339 g/mol. The van der Waals surface area contributed by atoms with Gasteiger partial charge in [0.25, 0.3) is 0 Å². The van der Waals surface area contributed by atoms with E-state index < -0.39 is 30.9 Å². The molecule has 0 aliphatic carbocycles. The summed E-state index contributed by atoms with van der Waals surface area (Å²) in [6.07, 6.45) is 0. The molecule has 118 valence electrons. The Hall–Kier alpha value is -1.27. The molecule has 1 aromatic rings. The second kappa shape index (κ2) is 5.85. The molecule has 3 N–H and O–H groups in total. The van der Waals surface area contributed by atoms with Gasteiger partial charge in [-0.3, -0.25) is 4.72 Å². The first kappa shape index (κ1) is 16.1. The van der Waals surface area contributed by atoms with Crippen LogP contribution < -0.4 is 9.86 Å². The first-order chi connectivity index (χ1) is 9.68. The van der Waals surface area contributed by atoms with Gasteiger partial charge in [-0.2, -0.15) is 12.7 Å². The molecule has 1 aliphatic rings. The lowest BCUT2D eigenvalue weighted by atomic mass is 10.3. The fraction of sp³-hybridized carbons (Fsp3) is 0.400. The lowest BCUT2D eigenvalue weighted by molar-refractivity contribution is 0.0733. The number of halogens is 1. The summed E-state index contributed by atoms with van der Waals surface area (Å²) < 4.78 is 68.3. The van der Waals surface area contributed by atoms with Crippen LogP contribution in [-0.2, 0) is 25.0 Å². The van der Waals surface area contributed by atoms with Gasteiger partial charge < -0.3 is 4.74 Å². The number of ether oxygens (including phenoxy) is 1. The summed E-state index contributed by atoms with van der Waals surface area (Å²) >= 11 is 0. The molecule has 21 heavy (non-hydrogen) atoms. The number of nitrogens with two attached hydrogens (primary N) is 1. The molecule has 1 aliphatic heterocycles. The highest BCUT2D eigenvalue weighted by Gasteiger charge is 2.24. The van der Waals surface area contributed by atoms with Crippen molar-refractivity contribution < 1.29 is 26.0 Å². The lowest BCUT2D eigenvalue weighted by Crippen LogP contribution is -2.43. The number of hydrogen-bond acceptors (Lipinski definition) is 5. The summed E-state index contributed by atoms with van der Waals surface area (Å²) in [5, 5.41) is 4.90. The van der Waals surface area contributed by atoms with Gasteiger partial charge in [0.1, 0.15) is 5.82 Å². The second-order valence-corrected chi connectivity index (χ2v) is 7.57. The Balaban J connectivity index is 2.28. The lowest BCUT2D eigenvalue weighted by Gasteiger charge is -2.26. The largest absolute Gasteiger partial charge is 0.379 e. The van der Waals surface area contributed by atoms with Crippen LogP contribution in [0, 0.1) is 5.82 Å². The molecule has 0 bridgehead atoms. The Morgan fingerprint density at radius 2 is 1.76 bits per heavy atom. The standard InChI is InChI=1S/C10H14FN3O5S2/c11-8-5-9(7-10(6-8)20(12,15)16)13-21(17,18)14-1-3-19-4-2-14/h5-7,13H,1-4H2,(H2,12,15,16). The zero-order valence-corrected chi connectivity index (χ0v) is 12.5. The van der Waals surface area contributed by atoms with Crippen LogP contribution in [0.5, 0.6) is 0 Å². The monoisotopic (exact) mass is 339 g/mol. The third kappa shape index (κ3) is 4.11. The minimum atomic E-state index is -4.14. The zero-order chi connectivity index (χ0) is 15.7. The molecule has 8 nitrogen and oxygen atoms in total. The molecular weight excluding hydrogens is 325 g/mol. The van der Waals surface area contributed by atoms with Crippen LogP contribution in [0.25, 0.3) is 0 Å². The Kier molecular flexibility index (Phi) is 4.49. The van der Waals surface area contributed by atoms with E-state index in [1.807, 2.05) is 0 Å². The molecule has 0 radical (unpaired) electrons. The maximum Gasteiger partial charge on any atom is 0.301 e. The summed E-state index contributed by atoms with van der Waals surface area (Å²) in [6, 6.07) is 2.53. The third-order valence-electron chi connectivity index (χ3n) is 2.76. The van der Waals surface area contributed by atoms with Crippen LogP contribution in [0.3, 0.4) is 0 Å². The van der Waals surface area contributed by atoms with Crippen LogP contribution in [0.4, 0.5) is 10.1 Å². The number of anilines is 1. The molecule has 2 rings (SSSR count). The minimum absolute atomic E-state index is 0.159. The Morgan fingerprint density at radius 1 is 1.14 bits per heavy atom. The van der Waals surface area contributed by atoms with Gasteiger partial charge >= 0.3 is 10.2 Å². The quantitative estimate of drug-likeness (QED) is 0.764. The van der Waals surface area contributed by atoms with E-state index in [1.54, 1.807) is 0 Å². The van der Waals surface area contributed by atoms with Gasteiger partial charge in [0.2, 0.25) is 10.0 Å². The number of rotatable bonds is 4. The van der Waals surface area contributed by atoms with Crippen molar-refractivity contribution in [2.24, 2.45) is 5.14 Å². The van der Waals surface area contributed by atoms with Gasteiger partial charge in [-0.05, 0) is 18.2 Å². The van der Waals surface area contributed by atoms with Gasteiger partial charge in [0.15, 0.2) is 0 Å². The van der Waals surface area contributed by atoms with Gasteiger partial charge in [-0.25, -0.2) is 17.9 Å². The first-order valence-corrected chi connectivity index (χ1v) is 8.86. The highest BCUT2D eigenvalue weighted by atomic mass is 32.2. The van der Waals surface area contributed by atoms with Gasteiger partial charge in [0.05, 0.1) is 23.8 Å². The molecule has 0 atom stereocenters. The van der Waals surface area contributed by atoms with Crippen LogP contribution in [-0.4, -0.2) is 47.4 Å². The first-order valence-electron chi connectivity index (χ1n) is 5.87. The summed E-state index contributed by atoms with van der Waals surface area (Å²) in [4.78, 5) is -0.512. The molecule has 1 aromatic carbocycles. The molecule has 1 fully saturated rings. The Bertz CT molecular complexity index is 729. The fourth-order valence-electron chi connectivity index (χ4n) is 1.79. The number of nitrogens with zero attached hydrogens (tertiary/aromatic N) is 1. The number of nitrogens with one attached hydrogen (secondary N) is 1. The molecule has 0 saturated carbocycles. The van der Waals surface area contributed by atoms with Crippen molar-refractivity contribution in [3.05, 3.63) is 24.0 Å². The highest BCUT2D eigenvalue weighted by Crippen LogP contribution is 2.19. The predicted octanol–water partition coefficient (Wildman–Crippen LogP) is -0.538. The van der Waals surface area contributed by atoms with Crippen molar-refractivity contribution in [2.45, 2.75) is 4.90 Å². The summed E-state index contributed by atoms with van der Waals surface area (Å²) in [5.74, 6) is -0.916. The maximum atomic E-state index is 13.4. The van der Waals surface area contributed by atoms with Gasteiger partial charge in [-0.1, -0.05) is 0 Å². The molecule has 1 saturated heterocycles. The average Bonchev–Trinajstić information content (AvgIpc) is 2.37. The summed E-state index contributed by atoms with van der Waals surface area (Å²) in [6.45, 7) is 0.832. The van der Waals surface area contributed by atoms with Crippen LogP contribution in [0.1, 0.15) is 0 Å². The molecule has 0 aromatic heterocycles. The third-order valence-corrected chi connectivity index (χ3v) is 5.19. The van der Waals surface area contributed by atoms with Crippen LogP contribution in [0.15, 0.2) is 23.1 Å². The van der Waals surface area contributed by atoms with E-state index in [2.05, 4.69) is 4.72 Å². The van der Waals surface area contributed by atoms with Crippen LogP contribution >= 0.6 is 0 Å². The summed E-state index contributed by atoms with van der Waals surface area (Å²) in [7, 11) is -8.05. The van der Waals surface area contributed by atoms with E-state index in [9.17, 15) is 21.2 Å². The maximum absolute atomic E-state index is 13.4. The van der Waals surface area contributed by atoms with Crippen molar-refractivity contribution in [2.75, 3.05) is 31.0 Å². The van der Waals surface area contributed by atoms with E-state index >= 15 is 0 Å². The molecule has 0 spiro atoms. The molecular formula is C10H14FN3O5S2. The highest BCUT2D eigenvalue weighted by molar-refractivity contribution is 7.90. The van der Waals surface area contributed by atoms with E-state index in [4.69, 9.17) is 9.88 Å². The van der Waals surface area contributed by atoms with Crippen LogP contribution in [0.2, 0.25) is 0 Å². The molecule has 1 heterocycles. The van der Waals surface area contributed by atoms with Crippen molar-refractivity contribution in [1.29, 1.82) is 0 Å². The normalized spacial score (nSPS) is 17.6. The fourth-order valence-corrected chi connectivity index (χ4v) is 3.53. The summed E-state index contributed by atoms with van der Waals surface area (Å²) in [5.41, 5.74) is -0.217. The van der Waals surface area contributed by atoms with Gasteiger partial charge in [-0.15, -0.1) is 0 Å². The van der Waals surface area contributed by atoms with Crippen molar-refractivity contribution in [3.63, 3.8) is 0 Å². The van der Waals surface area contributed by atoms with Gasteiger partial charge in [0, 0.05) is 13.1 Å². The number of hydrogen-bond donors (Lipinski definition) is 2. The minimum Gasteiger partial charge on any atom is -0.379 e. The van der Waals surface area contributed by atoms with Crippen molar-refractivity contribution in [3.8, 4) is 0 Å². The number of morpholine rings is 1. The van der Waals surface area contributed by atoms with E-state index in [0.29, 0.717) is 6.07 Å². The van der Waals surface area contributed by atoms with Crippen molar-refractivity contribution >= 4 is 25.9 Å². The number of benzene rings is 1. The number of primary sulfonamides is 1. The SMILES string of the molecule is NS(=O)(=O)c1cc(F)cc(NS(=O)(=O)N2CCOCC2)c1. The van der Waals surface area contributed by atoms with E-state index in [0.717, 1.165) is 16.4 Å². The molecule has 0 amide bonds.